The average molecular weight is 267 g/mol. The van der Waals surface area contributed by atoms with E-state index in [4.69, 9.17) is 4.74 Å². The first-order chi connectivity index (χ1) is 9.93. The van der Waals surface area contributed by atoms with Gasteiger partial charge in [0.05, 0.1) is 6.61 Å². The van der Waals surface area contributed by atoms with Gasteiger partial charge in [-0.2, -0.15) is 0 Å². The van der Waals surface area contributed by atoms with Gasteiger partial charge in [-0.3, -0.25) is 0 Å². The summed E-state index contributed by atoms with van der Waals surface area (Å²) in [6.07, 6.45) is 2.20. The Labute approximate surface area is 120 Å². The molecule has 1 aliphatic rings. The van der Waals surface area contributed by atoms with Gasteiger partial charge in [0.2, 0.25) is 0 Å². The standard InChI is InChI=1S/C18H21NO/c1-2-6-15(7-3-1)10-12-19-14-16-11-13-20-18-9-5-4-8-17(16)18/h1-9,16,19H,10-14H2. The van der Waals surface area contributed by atoms with Crippen molar-refractivity contribution in [3.63, 3.8) is 0 Å². The normalized spacial score (nSPS) is 17.3. The van der Waals surface area contributed by atoms with Crippen molar-refractivity contribution in [3.8, 4) is 5.75 Å². The summed E-state index contributed by atoms with van der Waals surface area (Å²) in [6, 6.07) is 19.1. The lowest BCUT2D eigenvalue weighted by atomic mass is 9.93. The second kappa shape index (κ2) is 6.58. The Morgan fingerprint density at radius 3 is 2.70 bits per heavy atom. The van der Waals surface area contributed by atoms with Crippen LogP contribution < -0.4 is 10.1 Å². The monoisotopic (exact) mass is 267 g/mol. The van der Waals surface area contributed by atoms with Gasteiger partial charge in [0.1, 0.15) is 5.75 Å². The van der Waals surface area contributed by atoms with Crippen LogP contribution in [0.15, 0.2) is 54.6 Å². The molecule has 0 amide bonds. The zero-order valence-corrected chi connectivity index (χ0v) is 11.7. The summed E-state index contributed by atoms with van der Waals surface area (Å²) in [5.41, 5.74) is 2.75. The minimum Gasteiger partial charge on any atom is -0.493 e. The van der Waals surface area contributed by atoms with Crippen LogP contribution >= 0.6 is 0 Å². The van der Waals surface area contributed by atoms with Crippen molar-refractivity contribution in [1.82, 2.24) is 5.32 Å². The molecule has 2 nitrogen and oxygen atoms in total. The molecule has 2 aromatic rings. The third-order valence-corrected chi connectivity index (χ3v) is 3.91. The molecule has 0 saturated heterocycles. The van der Waals surface area contributed by atoms with E-state index in [1.54, 1.807) is 0 Å². The van der Waals surface area contributed by atoms with Crippen molar-refractivity contribution in [1.29, 1.82) is 0 Å². The fraction of sp³-hybridized carbons (Fsp3) is 0.333. The lowest BCUT2D eigenvalue weighted by Gasteiger charge is -2.26. The Bertz CT molecular complexity index is 538. The minimum atomic E-state index is 0.579. The highest BCUT2D eigenvalue weighted by Crippen LogP contribution is 2.32. The maximum absolute atomic E-state index is 5.70. The number of nitrogens with one attached hydrogen (secondary N) is 1. The highest BCUT2D eigenvalue weighted by atomic mass is 16.5. The summed E-state index contributed by atoms with van der Waals surface area (Å²) in [4.78, 5) is 0. The molecule has 1 unspecified atom stereocenters. The van der Waals surface area contributed by atoms with Crippen LogP contribution in [-0.2, 0) is 6.42 Å². The molecule has 1 N–H and O–H groups in total. The Kier molecular flexibility index (Phi) is 4.34. The molecule has 0 bridgehead atoms. The van der Waals surface area contributed by atoms with Gasteiger partial charge < -0.3 is 10.1 Å². The van der Waals surface area contributed by atoms with Crippen LogP contribution in [0.1, 0.15) is 23.5 Å². The van der Waals surface area contributed by atoms with E-state index in [0.29, 0.717) is 5.92 Å². The summed E-state index contributed by atoms with van der Waals surface area (Å²) in [6.45, 7) is 2.90. The topological polar surface area (TPSA) is 21.3 Å². The van der Waals surface area contributed by atoms with E-state index in [2.05, 4.69) is 53.8 Å². The molecule has 1 heterocycles. The Morgan fingerprint density at radius 1 is 1.00 bits per heavy atom. The van der Waals surface area contributed by atoms with Gasteiger partial charge in [0.15, 0.2) is 0 Å². The van der Waals surface area contributed by atoms with E-state index in [-0.39, 0.29) is 0 Å². The lowest BCUT2D eigenvalue weighted by Crippen LogP contribution is -2.27. The summed E-state index contributed by atoms with van der Waals surface area (Å²) in [7, 11) is 0. The minimum absolute atomic E-state index is 0.579. The van der Waals surface area contributed by atoms with Gasteiger partial charge >= 0.3 is 0 Å². The molecule has 0 aliphatic carbocycles. The molecule has 2 heteroatoms. The second-order valence-corrected chi connectivity index (χ2v) is 5.31. The summed E-state index contributed by atoms with van der Waals surface area (Å²) >= 11 is 0. The third kappa shape index (κ3) is 3.20. The van der Waals surface area contributed by atoms with Crippen LogP contribution in [0.2, 0.25) is 0 Å². The van der Waals surface area contributed by atoms with Crippen LogP contribution in [0.5, 0.6) is 5.75 Å². The number of fused-ring (bicyclic) bond motifs is 1. The molecule has 1 aliphatic heterocycles. The van der Waals surface area contributed by atoms with Crippen molar-refractivity contribution < 1.29 is 4.74 Å². The zero-order chi connectivity index (χ0) is 13.6. The zero-order valence-electron chi connectivity index (χ0n) is 11.7. The molecule has 20 heavy (non-hydrogen) atoms. The number of benzene rings is 2. The van der Waals surface area contributed by atoms with Crippen molar-refractivity contribution in [2.45, 2.75) is 18.8 Å². The van der Waals surface area contributed by atoms with E-state index >= 15 is 0 Å². The predicted molar refractivity (Wildman–Crippen MR) is 82.3 cm³/mol. The van der Waals surface area contributed by atoms with Gasteiger partial charge in [-0.05, 0) is 36.6 Å². The smallest absolute Gasteiger partial charge is 0.122 e. The van der Waals surface area contributed by atoms with Gasteiger partial charge in [0.25, 0.3) is 0 Å². The number of rotatable bonds is 5. The SMILES string of the molecule is c1ccc(CCNCC2CCOc3ccccc32)cc1. The molecule has 0 saturated carbocycles. The predicted octanol–water partition coefficient (Wildman–Crippen LogP) is 3.39. The third-order valence-electron chi connectivity index (χ3n) is 3.91. The van der Waals surface area contributed by atoms with E-state index in [1.165, 1.54) is 11.1 Å². The number of hydrogen-bond donors (Lipinski definition) is 1. The summed E-state index contributed by atoms with van der Waals surface area (Å²) in [5, 5.41) is 3.59. The second-order valence-electron chi connectivity index (χ2n) is 5.31. The first kappa shape index (κ1) is 13.2. The molecular weight excluding hydrogens is 246 g/mol. The van der Waals surface area contributed by atoms with E-state index < -0.39 is 0 Å². The maximum Gasteiger partial charge on any atom is 0.122 e. The van der Waals surface area contributed by atoms with E-state index in [9.17, 15) is 0 Å². The first-order valence-corrected chi connectivity index (χ1v) is 7.40. The highest BCUT2D eigenvalue weighted by Gasteiger charge is 2.20. The van der Waals surface area contributed by atoms with Crippen LogP contribution in [-0.4, -0.2) is 19.7 Å². The van der Waals surface area contributed by atoms with Crippen molar-refractivity contribution in [2.75, 3.05) is 19.7 Å². The van der Waals surface area contributed by atoms with E-state index in [1.807, 2.05) is 6.07 Å². The maximum atomic E-state index is 5.70. The van der Waals surface area contributed by atoms with E-state index in [0.717, 1.165) is 38.3 Å². The largest absolute Gasteiger partial charge is 0.493 e. The molecule has 1 atom stereocenters. The molecule has 104 valence electrons. The van der Waals surface area contributed by atoms with Crippen LogP contribution in [0.4, 0.5) is 0 Å². The summed E-state index contributed by atoms with van der Waals surface area (Å²) < 4.78 is 5.70. The molecule has 0 fully saturated rings. The average Bonchev–Trinajstić information content (AvgIpc) is 2.53. The molecule has 0 spiro atoms. The van der Waals surface area contributed by atoms with Crippen molar-refractivity contribution in [3.05, 3.63) is 65.7 Å². The van der Waals surface area contributed by atoms with Gasteiger partial charge in [0, 0.05) is 12.5 Å². The Morgan fingerprint density at radius 2 is 1.80 bits per heavy atom. The highest BCUT2D eigenvalue weighted by molar-refractivity contribution is 5.37. The number of hydrogen-bond acceptors (Lipinski definition) is 2. The van der Waals surface area contributed by atoms with Gasteiger partial charge in [-0.1, -0.05) is 48.5 Å². The first-order valence-electron chi connectivity index (χ1n) is 7.40. The summed E-state index contributed by atoms with van der Waals surface area (Å²) in [5.74, 6) is 1.64. The fourth-order valence-corrected chi connectivity index (χ4v) is 2.78. The lowest BCUT2D eigenvalue weighted by molar-refractivity contribution is 0.265. The van der Waals surface area contributed by atoms with Crippen molar-refractivity contribution in [2.24, 2.45) is 0 Å². The number of para-hydroxylation sites is 1. The van der Waals surface area contributed by atoms with Crippen LogP contribution in [0, 0.1) is 0 Å². The van der Waals surface area contributed by atoms with Crippen LogP contribution in [0.25, 0.3) is 0 Å². The number of ether oxygens (including phenoxy) is 1. The molecule has 0 radical (unpaired) electrons. The quantitative estimate of drug-likeness (QED) is 0.839. The molecule has 0 aromatic heterocycles. The molecule has 2 aromatic carbocycles. The van der Waals surface area contributed by atoms with Crippen molar-refractivity contribution >= 4 is 0 Å². The molecular formula is C18H21NO. The Balaban J connectivity index is 1.50. The fourth-order valence-electron chi connectivity index (χ4n) is 2.78. The van der Waals surface area contributed by atoms with Gasteiger partial charge in [-0.25, -0.2) is 0 Å². The Hall–Kier alpha value is -1.80. The van der Waals surface area contributed by atoms with Gasteiger partial charge in [-0.15, -0.1) is 0 Å². The molecule has 3 rings (SSSR count). The van der Waals surface area contributed by atoms with Crippen LogP contribution in [0.3, 0.4) is 0 Å².